The van der Waals surface area contributed by atoms with E-state index in [9.17, 15) is 0 Å². The first-order valence-corrected chi connectivity index (χ1v) is 4.18. The minimum atomic E-state index is -4.67. The van der Waals surface area contributed by atoms with E-state index in [0.717, 1.165) is 5.75 Å². The minimum absolute atomic E-state index is 1.12. The lowest BCUT2D eigenvalue weighted by molar-refractivity contribution is 0.381. The molecule has 0 unspecified atom stereocenters. The van der Waals surface area contributed by atoms with Crippen molar-refractivity contribution in [3.63, 3.8) is 0 Å². The van der Waals surface area contributed by atoms with Crippen LogP contribution < -0.4 is 0 Å². The van der Waals surface area contributed by atoms with Crippen LogP contribution in [0, 0.1) is 0 Å². The third-order valence-corrected chi connectivity index (χ3v) is 0.894. The molecule has 1 aliphatic heterocycles. The Labute approximate surface area is 56.9 Å². The predicted molar refractivity (Wildman–Crippen MR) is 35.1 cm³/mol. The highest BCUT2D eigenvalue weighted by atomic mass is 32.3. The normalized spacial score (nSPS) is 15.3. The summed E-state index contributed by atoms with van der Waals surface area (Å²) in [5.41, 5.74) is 0. The molecule has 0 fully saturated rings. The number of rotatable bonds is 0. The lowest BCUT2D eigenvalue weighted by Crippen LogP contribution is -1.89. The first-order valence-electron chi connectivity index (χ1n) is 1.84. The molecule has 0 bridgehead atoms. The predicted octanol–water partition coefficient (Wildman–Crippen LogP) is 0.0662. The molecule has 0 aliphatic carbocycles. The van der Waals surface area contributed by atoms with Crippen molar-refractivity contribution in [1.29, 1.82) is 0 Å². The maximum Gasteiger partial charge on any atom is 0.394 e. The summed E-state index contributed by atoms with van der Waals surface area (Å²) in [6, 6.07) is 0. The second kappa shape index (κ2) is 3.83. The zero-order chi connectivity index (χ0) is 7.33. The van der Waals surface area contributed by atoms with Gasteiger partial charge in [-0.3, -0.25) is 9.11 Å². The van der Waals surface area contributed by atoms with E-state index in [4.69, 9.17) is 17.5 Å². The number of nitrogens with zero attached hydrogens (tertiary/aromatic N) is 1. The minimum Gasteiger partial charge on any atom is -0.264 e. The van der Waals surface area contributed by atoms with Crippen molar-refractivity contribution < 1.29 is 17.5 Å². The first kappa shape index (κ1) is 8.89. The molecule has 0 aromatic carbocycles. The fraction of sp³-hybridized carbons (Fsp3) is 0.500. The van der Waals surface area contributed by atoms with Crippen LogP contribution in [-0.2, 0) is 10.4 Å². The van der Waals surface area contributed by atoms with Gasteiger partial charge in [-0.15, -0.1) is 0 Å². The van der Waals surface area contributed by atoms with Gasteiger partial charge in [-0.2, -0.15) is 8.42 Å². The van der Waals surface area contributed by atoms with Crippen LogP contribution in [-0.4, -0.2) is 29.5 Å². The van der Waals surface area contributed by atoms with Crippen molar-refractivity contribution in [2.75, 3.05) is 5.75 Å². The quantitative estimate of drug-likeness (QED) is 0.397. The summed E-state index contributed by atoms with van der Waals surface area (Å²) >= 11 is 1.61. The average Bonchev–Trinajstić information content (AvgIpc) is 1.12. The molecule has 2 N–H and O–H groups in total. The van der Waals surface area contributed by atoms with Gasteiger partial charge in [-0.25, -0.2) is 4.40 Å². The Kier molecular flexibility index (Phi) is 3.78. The maximum atomic E-state index is 8.74. The van der Waals surface area contributed by atoms with Crippen molar-refractivity contribution in [1.82, 2.24) is 0 Å². The van der Waals surface area contributed by atoms with E-state index in [0.29, 0.717) is 0 Å². The summed E-state index contributed by atoms with van der Waals surface area (Å²) in [6.45, 7) is 0. The van der Waals surface area contributed by atoms with Crippen LogP contribution in [0.3, 0.4) is 0 Å². The Morgan fingerprint density at radius 1 is 1.56 bits per heavy atom. The first-order chi connectivity index (χ1) is 4.00. The Morgan fingerprint density at radius 2 is 1.67 bits per heavy atom. The lowest BCUT2D eigenvalue weighted by Gasteiger charge is -1.90. The van der Waals surface area contributed by atoms with Gasteiger partial charge in [0.05, 0.1) is 5.75 Å². The molecule has 5 nitrogen and oxygen atoms in total. The molecule has 1 rings (SSSR count). The monoisotopic (exact) mass is 171 g/mol. The zero-order valence-electron chi connectivity index (χ0n) is 4.26. The molecule has 9 heavy (non-hydrogen) atoms. The highest BCUT2D eigenvalue weighted by Gasteiger charge is 1.84. The molecule has 1 aliphatic rings. The van der Waals surface area contributed by atoms with Crippen LogP contribution in [0.2, 0.25) is 0 Å². The molecule has 0 saturated heterocycles. The van der Waals surface area contributed by atoms with Gasteiger partial charge in [-0.05, 0) is 11.9 Å². The second-order valence-electron chi connectivity index (χ2n) is 1.03. The molecule has 0 aromatic rings. The molecule has 1 heterocycles. The Bertz CT molecular complexity index is 169. The Morgan fingerprint density at radius 3 is 1.67 bits per heavy atom. The summed E-state index contributed by atoms with van der Waals surface area (Å²) in [6.07, 6.45) is 1.89. The molecule has 7 heteroatoms. The Hall–Kier alpha value is -0.110. The van der Waals surface area contributed by atoms with Crippen molar-refractivity contribution in [2.45, 2.75) is 0 Å². The van der Waals surface area contributed by atoms with Gasteiger partial charge in [0, 0.05) is 6.21 Å². The molecule has 0 atom stereocenters. The summed E-state index contributed by atoms with van der Waals surface area (Å²) in [7, 11) is -4.67. The molecule has 54 valence electrons. The van der Waals surface area contributed by atoms with Crippen LogP contribution >= 0.6 is 11.9 Å². The van der Waals surface area contributed by atoms with Gasteiger partial charge < -0.3 is 0 Å². The standard InChI is InChI=1S/C2H3NS.H2O4S/c1-2-4-3-1;1-5(2,3)4/h1H,2H2;(H2,1,2,3,4). The van der Waals surface area contributed by atoms with Crippen LogP contribution in [0.15, 0.2) is 4.40 Å². The van der Waals surface area contributed by atoms with Gasteiger partial charge >= 0.3 is 10.4 Å². The van der Waals surface area contributed by atoms with Crippen LogP contribution in [0.25, 0.3) is 0 Å². The number of hydrogen-bond donors (Lipinski definition) is 2. The van der Waals surface area contributed by atoms with E-state index in [1.807, 2.05) is 6.21 Å². The Balaban J connectivity index is 0.000000144. The molecule has 0 saturated carbocycles. The summed E-state index contributed by atoms with van der Waals surface area (Å²) in [5.74, 6) is 1.12. The van der Waals surface area contributed by atoms with Crippen LogP contribution in [0.4, 0.5) is 0 Å². The second-order valence-corrected chi connectivity index (χ2v) is 2.73. The van der Waals surface area contributed by atoms with Crippen LogP contribution in [0.1, 0.15) is 0 Å². The third-order valence-electron chi connectivity index (χ3n) is 0.298. The molecule has 0 spiro atoms. The van der Waals surface area contributed by atoms with Gasteiger partial charge in [0.25, 0.3) is 0 Å². The fourth-order valence-corrected chi connectivity index (χ4v) is 0.224. The van der Waals surface area contributed by atoms with E-state index in [1.54, 1.807) is 11.9 Å². The molecule has 0 amide bonds. The smallest absolute Gasteiger partial charge is 0.264 e. The highest BCUT2D eigenvalue weighted by molar-refractivity contribution is 8.00. The summed E-state index contributed by atoms with van der Waals surface area (Å²) in [4.78, 5) is 0. The molecule has 0 radical (unpaired) electrons. The third kappa shape index (κ3) is 18.1. The maximum absolute atomic E-state index is 8.74. The summed E-state index contributed by atoms with van der Waals surface area (Å²) < 4.78 is 35.3. The van der Waals surface area contributed by atoms with Crippen molar-refractivity contribution in [3.8, 4) is 0 Å². The lowest BCUT2D eigenvalue weighted by atomic mass is 10.9. The van der Waals surface area contributed by atoms with E-state index in [2.05, 4.69) is 4.40 Å². The van der Waals surface area contributed by atoms with E-state index in [1.165, 1.54) is 0 Å². The highest BCUT2D eigenvalue weighted by Crippen LogP contribution is 2.05. The van der Waals surface area contributed by atoms with Crippen molar-refractivity contribution >= 4 is 28.6 Å². The van der Waals surface area contributed by atoms with Gasteiger partial charge in [0.15, 0.2) is 0 Å². The van der Waals surface area contributed by atoms with E-state index < -0.39 is 10.4 Å². The number of hydrogen-bond acceptors (Lipinski definition) is 4. The fourth-order valence-electron chi connectivity index (χ4n) is 0.0745. The SMILES string of the molecule is C1=NSC1.O=S(=O)(O)O. The summed E-state index contributed by atoms with van der Waals surface area (Å²) in [5, 5.41) is 0. The van der Waals surface area contributed by atoms with Crippen LogP contribution in [0.5, 0.6) is 0 Å². The van der Waals surface area contributed by atoms with E-state index in [-0.39, 0.29) is 0 Å². The van der Waals surface area contributed by atoms with E-state index >= 15 is 0 Å². The molecular formula is C2H5NO4S2. The zero-order valence-corrected chi connectivity index (χ0v) is 5.89. The van der Waals surface area contributed by atoms with Gasteiger partial charge in [0.2, 0.25) is 0 Å². The largest absolute Gasteiger partial charge is 0.394 e. The molecule has 0 aromatic heterocycles. The van der Waals surface area contributed by atoms with Crippen molar-refractivity contribution in [2.24, 2.45) is 4.40 Å². The average molecular weight is 171 g/mol. The van der Waals surface area contributed by atoms with Gasteiger partial charge in [-0.1, -0.05) is 0 Å². The van der Waals surface area contributed by atoms with Gasteiger partial charge in [0.1, 0.15) is 0 Å². The van der Waals surface area contributed by atoms with Crippen molar-refractivity contribution in [3.05, 3.63) is 0 Å². The topological polar surface area (TPSA) is 87.0 Å². The molecular weight excluding hydrogens is 166 g/mol.